The van der Waals surface area contributed by atoms with Crippen LogP contribution < -0.4 is 10.6 Å². The number of rotatable bonds is 4. The van der Waals surface area contributed by atoms with Gasteiger partial charge >= 0.3 is 0 Å². The summed E-state index contributed by atoms with van der Waals surface area (Å²) < 4.78 is 5.36. The third kappa shape index (κ3) is 3.43. The van der Waals surface area contributed by atoms with Crippen molar-refractivity contribution in [2.75, 3.05) is 17.2 Å². The van der Waals surface area contributed by atoms with Crippen molar-refractivity contribution in [1.82, 2.24) is 4.98 Å². The predicted molar refractivity (Wildman–Crippen MR) is 86.3 cm³/mol. The van der Waals surface area contributed by atoms with Crippen LogP contribution in [-0.4, -0.2) is 23.6 Å². The average molecular weight is 297 g/mol. The monoisotopic (exact) mass is 297 g/mol. The highest BCUT2D eigenvalue weighted by Gasteiger charge is 2.23. The molecule has 1 saturated heterocycles. The molecule has 1 fully saturated rings. The van der Waals surface area contributed by atoms with Gasteiger partial charge in [0.15, 0.2) is 0 Å². The summed E-state index contributed by atoms with van der Waals surface area (Å²) in [5.74, 6) is 0.642. The minimum absolute atomic E-state index is 0.0982. The van der Waals surface area contributed by atoms with Crippen LogP contribution in [0.2, 0.25) is 0 Å². The molecule has 0 spiro atoms. The number of aryl methyl sites for hydroxylation is 1. The zero-order valence-electron chi connectivity index (χ0n) is 12.5. The molecule has 1 aliphatic heterocycles. The first-order valence-corrected chi connectivity index (χ1v) is 7.43. The fraction of sp³-hybridized carbons (Fsp3) is 0.294. The van der Waals surface area contributed by atoms with Gasteiger partial charge in [-0.05, 0) is 43.5 Å². The molecule has 2 aromatic rings. The fourth-order valence-electron chi connectivity index (χ4n) is 2.40. The Labute approximate surface area is 129 Å². The number of carbonyl (C=O) groups is 1. The lowest BCUT2D eigenvalue weighted by Gasteiger charge is -2.11. The van der Waals surface area contributed by atoms with Gasteiger partial charge in [0.1, 0.15) is 11.9 Å². The third-order valence-corrected chi connectivity index (χ3v) is 3.66. The Hall–Kier alpha value is -2.40. The number of hydrogen-bond acceptors (Lipinski definition) is 4. The van der Waals surface area contributed by atoms with E-state index in [0.717, 1.165) is 29.9 Å². The number of para-hydroxylation sites is 1. The van der Waals surface area contributed by atoms with Gasteiger partial charge in [0.2, 0.25) is 0 Å². The van der Waals surface area contributed by atoms with E-state index >= 15 is 0 Å². The molecular formula is C17H19N3O2. The van der Waals surface area contributed by atoms with Crippen LogP contribution in [0, 0.1) is 6.92 Å². The molecule has 2 N–H and O–H groups in total. The second-order valence-corrected chi connectivity index (χ2v) is 5.36. The predicted octanol–water partition coefficient (Wildman–Crippen LogP) is 3.25. The number of anilines is 3. The molecule has 22 heavy (non-hydrogen) atoms. The van der Waals surface area contributed by atoms with E-state index in [9.17, 15) is 4.79 Å². The Bertz CT molecular complexity index is 649. The number of hydrogen-bond donors (Lipinski definition) is 2. The van der Waals surface area contributed by atoms with E-state index in [1.165, 1.54) is 0 Å². The van der Waals surface area contributed by atoms with Crippen LogP contribution in [0.25, 0.3) is 0 Å². The SMILES string of the molecule is Cc1ccccc1Nc1ccc(NC(=O)C2CCCO2)cn1. The Morgan fingerprint density at radius 1 is 1.27 bits per heavy atom. The molecule has 1 amide bonds. The van der Waals surface area contributed by atoms with Gasteiger partial charge < -0.3 is 15.4 Å². The van der Waals surface area contributed by atoms with Crippen LogP contribution in [0.15, 0.2) is 42.6 Å². The lowest BCUT2D eigenvalue weighted by molar-refractivity contribution is -0.124. The molecule has 114 valence electrons. The van der Waals surface area contributed by atoms with Crippen LogP contribution in [0.5, 0.6) is 0 Å². The molecule has 2 heterocycles. The van der Waals surface area contributed by atoms with Gasteiger partial charge in [0.05, 0.1) is 11.9 Å². The molecule has 1 aromatic carbocycles. The molecule has 1 aliphatic rings. The van der Waals surface area contributed by atoms with Crippen LogP contribution in [0.1, 0.15) is 18.4 Å². The number of amides is 1. The summed E-state index contributed by atoms with van der Waals surface area (Å²) in [6, 6.07) is 11.7. The summed E-state index contributed by atoms with van der Waals surface area (Å²) in [6.07, 6.45) is 3.04. The van der Waals surface area contributed by atoms with Crippen LogP contribution >= 0.6 is 0 Å². The highest BCUT2D eigenvalue weighted by Crippen LogP contribution is 2.20. The number of nitrogens with zero attached hydrogens (tertiary/aromatic N) is 1. The first-order valence-electron chi connectivity index (χ1n) is 7.43. The fourth-order valence-corrected chi connectivity index (χ4v) is 2.40. The van der Waals surface area contributed by atoms with E-state index < -0.39 is 0 Å². The minimum atomic E-state index is -0.329. The molecular weight excluding hydrogens is 278 g/mol. The van der Waals surface area contributed by atoms with Gasteiger partial charge in [-0.25, -0.2) is 4.98 Å². The summed E-state index contributed by atoms with van der Waals surface area (Å²) in [4.78, 5) is 16.3. The average Bonchev–Trinajstić information content (AvgIpc) is 3.06. The van der Waals surface area contributed by atoms with E-state index in [0.29, 0.717) is 12.3 Å². The zero-order valence-corrected chi connectivity index (χ0v) is 12.5. The van der Waals surface area contributed by atoms with Crippen molar-refractivity contribution in [1.29, 1.82) is 0 Å². The molecule has 5 nitrogen and oxygen atoms in total. The summed E-state index contributed by atoms with van der Waals surface area (Å²) in [7, 11) is 0. The molecule has 3 rings (SSSR count). The number of benzene rings is 1. The summed E-state index contributed by atoms with van der Waals surface area (Å²) in [6.45, 7) is 2.70. The smallest absolute Gasteiger partial charge is 0.253 e. The van der Waals surface area contributed by atoms with Gasteiger partial charge in [-0.3, -0.25) is 4.79 Å². The molecule has 1 atom stereocenters. The van der Waals surface area contributed by atoms with E-state index in [1.54, 1.807) is 6.20 Å². The molecule has 0 saturated carbocycles. The third-order valence-electron chi connectivity index (χ3n) is 3.66. The van der Waals surface area contributed by atoms with Crippen molar-refractivity contribution >= 4 is 23.1 Å². The van der Waals surface area contributed by atoms with Crippen molar-refractivity contribution in [2.24, 2.45) is 0 Å². The Morgan fingerprint density at radius 3 is 2.82 bits per heavy atom. The summed E-state index contributed by atoms with van der Waals surface area (Å²) in [5.41, 5.74) is 2.85. The number of pyridine rings is 1. The van der Waals surface area contributed by atoms with Gasteiger partial charge in [0.25, 0.3) is 5.91 Å². The zero-order chi connectivity index (χ0) is 15.4. The van der Waals surface area contributed by atoms with Crippen molar-refractivity contribution in [2.45, 2.75) is 25.9 Å². The van der Waals surface area contributed by atoms with Crippen molar-refractivity contribution in [3.05, 3.63) is 48.2 Å². The molecule has 0 bridgehead atoms. The standard InChI is InChI=1S/C17H19N3O2/c1-12-5-2-3-6-14(12)20-16-9-8-13(11-18-16)19-17(21)15-7-4-10-22-15/h2-3,5-6,8-9,11,15H,4,7,10H2,1H3,(H,18,20)(H,19,21). The topological polar surface area (TPSA) is 63.2 Å². The van der Waals surface area contributed by atoms with Gasteiger partial charge in [-0.2, -0.15) is 0 Å². The lowest BCUT2D eigenvalue weighted by atomic mass is 10.2. The largest absolute Gasteiger partial charge is 0.368 e. The molecule has 5 heteroatoms. The summed E-state index contributed by atoms with van der Waals surface area (Å²) >= 11 is 0. The van der Waals surface area contributed by atoms with Crippen molar-refractivity contribution in [3.8, 4) is 0 Å². The lowest BCUT2D eigenvalue weighted by Crippen LogP contribution is -2.26. The molecule has 1 unspecified atom stereocenters. The van der Waals surface area contributed by atoms with Crippen LogP contribution in [0.4, 0.5) is 17.2 Å². The van der Waals surface area contributed by atoms with Crippen LogP contribution in [0.3, 0.4) is 0 Å². The number of aromatic nitrogens is 1. The Morgan fingerprint density at radius 2 is 2.14 bits per heavy atom. The maximum Gasteiger partial charge on any atom is 0.253 e. The minimum Gasteiger partial charge on any atom is -0.368 e. The quantitative estimate of drug-likeness (QED) is 0.909. The first kappa shape index (κ1) is 14.5. The van der Waals surface area contributed by atoms with E-state index in [2.05, 4.69) is 15.6 Å². The van der Waals surface area contributed by atoms with Crippen molar-refractivity contribution < 1.29 is 9.53 Å². The number of carbonyl (C=O) groups excluding carboxylic acids is 1. The number of ether oxygens (including phenoxy) is 1. The maximum atomic E-state index is 12.0. The first-order chi connectivity index (χ1) is 10.7. The Balaban J connectivity index is 1.63. The highest BCUT2D eigenvalue weighted by molar-refractivity contribution is 5.94. The molecule has 0 radical (unpaired) electrons. The van der Waals surface area contributed by atoms with Gasteiger partial charge in [0, 0.05) is 12.3 Å². The second kappa shape index (κ2) is 6.58. The highest BCUT2D eigenvalue weighted by atomic mass is 16.5. The number of nitrogens with one attached hydrogen (secondary N) is 2. The maximum absolute atomic E-state index is 12.0. The van der Waals surface area contributed by atoms with E-state index in [1.807, 2.05) is 43.3 Å². The van der Waals surface area contributed by atoms with E-state index in [-0.39, 0.29) is 12.0 Å². The normalized spacial score (nSPS) is 17.2. The molecule has 1 aromatic heterocycles. The van der Waals surface area contributed by atoms with Crippen LogP contribution in [-0.2, 0) is 9.53 Å². The van der Waals surface area contributed by atoms with Gasteiger partial charge in [-0.15, -0.1) is 0 Å². The summed E-state index contributed by atoms with van der Waals surface area (Å²) in [5, 5.41) is 6.09. The van der Waals surface area contributed by atoms with E-state index in [4.69, 9.17) is 4.74 Å². The Kier molecular flexibility index (Phi) is 4.34. The van der Waals surface area contributed by atoms with Crippen molar-refractivity contribution in [3.63, 3.8) is 0 Å². The van der Waals surface area contributed by atoms with Gasteiger partial charge in [-0.1, -0.05) is 18.2 Å². The molecule has 0 aliphatic carbocycles. The second-order valence-electron chi connectivity index (χ2n) is 5.36.